The zero-order valence-corrected chi connectivity index (χ0v) is 19.5. The molecule has 5 fully saturated rings. The first kappa shape index (κ1) is 21.4. The molecule has 31 heavy (non-hydrogen) atoms. The van der Waals surface area contributed by atoms with Gasteiger partial charge in [-0.15, -0.1) is 11.3 Å². The number of ketones is 1. The average molecular weight is 443 g/mol. The summed E-state index contributed by atoms with van der Waals surface area (Å²) in [6.45, 7) is 9.03. The van der Waals surface area contributed by atoms with Crippen molar-refractivity contribution in [1.82, 2.24) is 0 Å². The smallest absolute Gasteiger partial charge is 0.348 e. The molecule has 0 aliphatic heterocycles. The van der Waals surface area contributed by atoms with Gasteiger partial charge in [0.2, 0.25) is 0 Å². The molecule has 1 heterocycles. The van der Waals surface area contributed by atoms with Gasteiger partial charge >= 0.3 is 5.97 Å². The summed E-state index contributed by atoms with van der Waals surface area (Å²) in [4.78, 5) is 26.7. The van der Waals surface area contributed by atoms with Crippen LogP contribution in [0.4, 0.5) is 0 Å². The fourth-order valence-electron chi connectivity index (χ4n) is 8.34. The van der Waals surface area contributed by atoms with Gasteiger partial charge in [0.05, 0.1) is 18.1 Å². The van der Waals surface area contributed by atoms with Crippen LogP contribution in [0.25, 0.3) is 0 Å². The zero-order chi connectivity index (χ0) is 22.0. The molecule has 0 saturated heterocycles. The normalized spacial score (nSPS) is 44.0. The van der Waals surface area contributed by atoms with E-state index in [4.69, 9.17) is 4.74 Å². The van der Waals surface area contributed by atoms with Crippen LogP contribution in [0.5, 0.6) is 0 Å². The molecule has 4 nitrogen and oxygen atoms in total. The van der Waals surface area contributed by atoms with Crippen LogP contribution in [0.2, 0.25) is 0 Å². The van der Waals surface area contributed by atoms with E-state index >= 15 is 0 Å². The van der Waals surface area contributed by atoms with Crippen LogP contribution in [0.3, 0.4) is 0 Å². The van der Waals surface area contributed by atoms with Gasteiger partial charge in [0.1, 0.15) is 4.88 Å². The maximum absolute atomic E-state index is 13.5. The van der Waals surface area contributed by atoms with Crippen molar-refractivity contribution in [3.8, 4) is 0 Å². The van der Waals surface area contributed by atoms with Crippen LogP contribution < -0.4 is 0 Å². The Kier molecular flexibility index (Phi) is 5.02. The van der Waals surface area contributed by atoms with Gasteiger partial charge in [-0.25, -0.2) is 4.79 Å². The highest BCUT2D eigenvalue weighted by molar-refractivity contribution is 7.11. The molecule has 1 spiro atoms. The van der Waals surface area contributed by atoms with Crippen molar-refractivity contribution in [3.63, 3.8) is 0 Å². The minimum Gasteiger partial charge on any atom is -0.461 e. The van der Waals surface area contributed by atoms with Crippen molar-refractivity contribution in [1.29, 1.82) is 0 Å². The number of Topliss-reactive ketones (excluding diaryl/α,β-unsaturated/α-hetero) is 1. The van der Waals surface area contributed by atoms with Crippen LogP contribution in [-0.2, 0) is 9.53 Å². The van der Waals surface area contributed by atoms with Gasteiger partial charge in [0, 0.05) is 5.41 Å². The first-order chi connectivity index (χ1) is 14.8. The Hall–Kier alpha value is -1.46. The second-order valence-corrected chi connectivity index (χ2v) is 11.8. The van der Waals surface area contributed by atoms with Crippen LogP contribution in [0.1, 0.15) is 74.9 Å². The van der Waals surface area contributed by atoms with E-state index in [1.807, 2.05) is 11.4 Å². The number of thiophene rings is 1. The number of rotatable bonds is 4. The summed E-state index contributed by atoms with van der Waals surface area (Å²) < 4.78 is 5.85. The van der Waals surface area contributed by atoms with Crippen molar-refractivity contribution in [2.45, 2.75) is 71.3 Å². The molecule has 5 saturated carbocycles. The largest absolute Gasteiger partial charge is 0.461 e. The quantitative estimate of drug-likeness (QED) is 0.500. The second kappa shape index (κ2) is 7.28. The third-order valence-electron chi connectivity index (χ3n) is 9.84. The van der Waals surface area contributed by atoms with E-state index in [-0.39, 0.29) is 40.3 Å². The van der Waals surface area contributed by atoms with E-state index in [1.165, 1.54) is 11.3 Å². The van der Waals surface area contributed by atoms with Crippen molar-refractivity contribution >= 4 is 23.1 Å². The lowest BCUT2D eigenvalue weighted by molar-refractivity contribution is -0.225. The van der Waals surface area contributed by atoms with Gasteiger partial charge in [-0.3, -0.25) is 4.79 Å². The number of hydrogen-bond acceptors (Lipinski definition) is 5. The molecule has 1 aromatic rings. The maximum atomic E-state index is 13.5. The molecule has 1 aromatic heterocycles. The van der Waals surface area contributed by atoms with Crippen molar-refractivity contribution in [2.75, 3.05) is 6.61 Å². The highest BCUT2D eigenvalue weighted by Gasteiger charge is 2.70. The molecule has 2 bridgehead atoms. The lowest BCUT2D eigenvalue weighted by atomic mass is 9.35. The second-order valence-electron chi connectivity index (χ2n) is 10.9. The summed E-state index contributed by atoms with van der Waals surface area (Å²) in [6.07, 6.45) is 6.97. The van der Waals surface area contributed by atoms with Gasteiger partial charge in [-0.05, 0) is 85.1 Å². The van der Waals surface area contributed by atoms with Gasteiger partial charge < -0.3 is 9.84 Å². The van der Waals surface area contributed by atoms with Crippen LogP contribution in [-0.4, -0.2) is 29.6 Å². The van der Waals surface area contributed by atoms with E-state index in [0.29, 0.717) is 17.9 Å². The van der Waals surface area contributed by atoms with Crippen molar-refractivity contribution in [2.24, 2.45) is 34.0 Å². The molecule has 1 N–H and O–H groups in total. The van der Waals surface area contributed by atoms with Crippen LogP contribution in [0, 0.1) is 34.0 Å². The lowest BCUT2D eigenvalue weighted by Gasteiger charge is -2.69. The van der Waals surface area contributed by atoms with Crippen LogP contribution >= 0.6 is 11.3 Å². The summed E-state index contributed by atoms with van der Waals surface area (Å²) in [5, 5.41) is 13.4. The minimum atomic E-state index is -0.635. The van der Waals surface area contributed by atoms with E-state index in [1.54, 1.807) is 6.07 Å². The Labute approximate surface area is 189 Å². The number of fused-ring (bicyclic) bond motifs is 3. The SMILES string of the molecule is C=C1C(=O)[C@]23CC[C@H]1CC2[C@]1(CC)CCC[C@@](C)(COC(=O)c2cccs2)C1C[C@H]3O. The molecule has 7 atom stereocenters. The topological polar surface area (TPSA) is 63.6 Å². The molecule has 0 amide bonds. The Morgan fingerprint density at radius 1 is 1.29 bits per heavy atom. The average Bonchev–Trinajstić information content (AvgIpc) is 3.31. The molecular formula is C26H34O4S. The molecule has 5 heteroatoms. The Morgan fingerprint density at radius 2 is 2.10 bits per heavy atom. The van der Waals surface area contributed by atoms with Gasteiger partial charge in [0.25, 0.3) is 0 Å². The number of carbonyl (C=O) groups is 2. The fraction of sp³-hybridized carbons (Fsp3) is 0.692. The lowest BCUT2D eigenvalue weighted by Crippen LogP contribution is -2.69. The number of allylic oxidation sites excluding steroid dienone is 1. The number of carbonyl (C=O) groups excluding carboxylic acids is 2. The predicted molar refractivity (Wildman–Crippen MR) is 121 cm³/mol. The van der Waals surface area contributed by atoms with Gasteiger partial charge in [-0.1, -0.05) is 32.9 Å². The van der Waals surface area contributed by atoms with Crippen molar-refractivity contribution in [3.05, 3.63) is 34.5 Å². The van der Waals surface area contributed by atoms with Gasteiger partial charge in [0.15, 0.2) is 5.78 Å². The molecule has 5 aliphatic carbocycles. The molecule has 0 radical (unpaired) electrons. The van der Waals surface area contributed by atoms with E-state index < -0.39 is 11.5 Å². The highest BCUT2D eigenvalue weighted by atomic mass is 32.1. The third-order valence-corrected chi connectivity index (χ3v) is 10.7. The summed E-state index contributed by atoms with van der Waals surface area (Å²) >= 11 is 1.41. The first-order valence-corrected chi connectivity index (χ1v) is 12.8. The Morgan fingerprint density at radius 3 is 2.81 bits per heavy atom. The fourth-order valence-corrected chi connectivity index (χ4v) is 8.96. The standard InChI is InChI=1S/C26H34O4S/c1-4-25-10-6-9-24(3,15-30-23(29)18-7-5-12-31-18)19(25)14-21(27)26-11-8-17(13-20(25)26)16(2)22(26)28/h5,7,12,17,19-21,27H,2,4,6,8-11,13-15H2,1,3H3/t17-,19?,20?,21+,24-,25+,26+/m0/s1. The monoisotopic (exact) mass is 442 g/mol. The first-order valence-electron chi connectivity index (χ1n) is 11.9. The van der Waals surface area contributed by atoms with Gasteiger partial charge in [-0.2, -0.15) is 0 Å². The Bertz CT molecular complexity index is 907. The molecule has 6 rings (SSSR count). The molecule has 0 aromatic carbocycles. The minimum absolute atomic E-state index is 0.0244. The maximum Gasteiger partial charge on any atom is 0.348 e. The number of hydrogen-bond donors (Lipinski definition) is 1. The highest BCUT2D eigenvalue weighted by Crippen LogP contribution is 2.72. The third kappa shape index (κ3) is 2.81. The molecule has 5 aliphatic rings. The number of ether oxygens (including phenoxy) is 1. The molecule has 2 unspecified atom stereocenters. The zero-order valence-electron chi connectivity index (χ0n) is 18.7. The van der Waals surface area contributed by atoms with E-state index in [2.05, 4.69) is 20.4 Å². The van der Waals surface area contributed by atoms with Crippen molar-refractivity contribution < 1.29 is 19.4 Å². The van der Waals surface area contributed by atoms with E-state index in [9.17, 15) is 14.7 Å². The number of aliphatic hydroxyl groups excluding tert-OH is 1. The predicted octanol–water partition coefficient (Wildman–Crippen LogP) is 5.41. The summed E-state index contributed by atoms with van der Waals surface area (Å²) in [5.74, 6) is 0.637. The number of esters is 1. The summed E-state index contributed by atoms with van der Waals surface area (Å²) in [5.41, 5.74) is -0.0313. The Balaban J connectivity index is 1.48. The van der Waals surface area contributed by atoms with E-state index in [0.717, 1.165) is 50.5 Å². The van der Waals surface area contributed by atoms with Crippen LogP contribution in [0.15, 0.2) is 29.7 Å². The number of aliphatic hydroxyl groups is 1. The summed E-state index contributed by atoms with van der Waals surface area (Å²) in [7, 11) is 0. The molecular weight excluding hydrogens is 408 g/mol. The summed E-state index contributed by atoms with van der Waals surface area (Å²) in [6, 6.07) is 3.67. The molecule has 168 valence electrons.